The molecule has 17 heavy (non-hydrogen) atoms. The number of aliphatic hydroxyl groups is 1. The number of hydrogen-bond donors (Lipinski definition) is 1. The number of nitriles is 1. The van der Waals surface area contributed by atoms with Gasteiger partial charge in [-0.3, -0.25) is 4.90 Å². The Labute approximate surface area is 103 Å². The summed E-state index contributed by atoms with van der Waals surface area (Å²) in [6.07, 6.45) is -0.306. The van der Waals surface area contributed by atoms with Crippen LogP contribution in [-0.4, -0.2) is 29.7 Å². The summed E-state index contributed by atoms with van der Waals surface area (Å²) in [5.41, 5.74) is 1.78. The summed E-state index contributed by atoms with van der Waals surface area (Å²) in [5.74, 6) is 0.267. The molecule has 1 unspecified atom stereocenters. The second-order valence-electron chi connectivity index (χ2n) is 4.82. The minimum Gasteiger partial charge on any atom is -0.392 e. The van der Waals surface area contributed by atoms with Gasteiger partial charge in [0.25, 0.3) is 0 Å². The molecule has 0 radical (unpaired) electrons. The van der Waals surface area contributed by atoms with Crippen molar-refractivity contribution in [3.8, 4) is 6.07 Å². The van der Waals surface area contributed by atoms with Crippen molar-refractivity contribution in [3.05, 3.63) is 35.4 Å². The average Bonchev–Trinajstić information content (AvgIpc) is 2.28. The highest BCUT2D eigenvalue weighted by molar-refractivity contribution is 5.32. The normalized spacial score (nSPS) is 12.8. The first-order valence-electron chi connectivity index (χ1n) is 5.88. The lowest BCUT2D eigenvalue weighted by atomic mass is 10.1. The summed E-state index contributed by atoms with van der Waals surface area (Å²) in [4.78, 5) is 2.07. The lowest BCUT2D eigenvalue weighted by Crippen LogP contribution is -2.32. The molecule has 1 aromatic rings. The van der Waals surface area contributed by atoms with Crippen LogP contribution in [-0.2, 0) is 6.54 Å². The Hall–Kier alpha value is -1.37. The Morgan fingerprint density at radius 3 is 2.71 bits per heavy atom. The van der Waals surface area contributed by atoms with E-state index in [2.05, 4.69) is 11.0 Å². The number of rotatable bonds is 5. The molecule has 0 aliphatic heterocycles. The van der Waals surface area contributed by atoms with E-state index in [0.717, 1.165) is 12.1 Å². The Balaban J connectivity index is 2.56. The smallest absolute Gasteiger partial charge is 0.0991 e. The summed E-state index contributed by atoms with van der Waals surface area (Å²) >= 11 is 0. The van der Waals surface area contributed by atoms with E-state index >= 15 is 0 Å². The Bertz CT molecular complexity index is 395. The van der Waals surface area contributed by atoms with Gasteiger partial charge in [0, 0.05) is 13.1 Å². The first-order chi connectivity index (χ1) is 8.02. The van der Waals surface area contributed by atoms with Crippen LogP contribution in [0.1, 0.15) is 25.0 Å². The third kappa shape index (κ3) is 4.56. The zero-order chi connectivity index (χ0) is 12.8. The molecule has 0 aliphatic carbocycles. The van der Waals surface area contributed by atoms with Gasteiger partial charge in [-0.15, -0.1) is 0 Å². The predicted octanol–water partition coefficient (Wildman–Crippen LogP) is 2.01. The molecular formula is C14H20N2O. The van der Waals surface area contributed by atoms with Crippen LogP contribution in [0.15, 0.2) is 24.3 Å². The Morgan fingerprint density at radius 2 is 2.12 bits per heavy atom. The Morgan fingerprint density at radius 1 is 1.41 bits per heavy atom. The van der Waals surface area contributed by atoms with E-state index in [1.54, 1.807) is 6.07 Å². The second-order valence-corrected chi connectivity index (χ2v) is 4.82. The Kier molecular flexibility index (Phi) is 5.14. The lowest BCUT2D eigenvalue weighted by molar-refractivity contribution is 0.0838. The molecular weight excluding hydrogens is 212 g/mol. The summed E-state index contributed by atoms with van der Waals surface area (Å²) in [6.45, 7) is 5.41. The minimum atomic E-state index is -0.306. The third-order valence-corrected chi connectivity index (χ3v) is 2.78. The fourth-order valence-electron chi connectivity index (χ4n) is 1.65. The zero-order valence-electron chi connectivity index (χ0n) is 10.7. The molecule has 0 heterocycles. The van der Waals surface area contributed by atoms with E-state index in [1.807, 2.05) is 39.1 Å². The van der Waals surface area contributed by atoms with Gasteiger partial charge >= 0.3 is 0 Å². The van der Waals surface area contributed by atoms with E-state index in [-0.39, 0.29) is 12.0 Å². The van der Waals surface area contributed by atoms with Crippen LogP contribution in [0, 0.1) is 17.2 Å². The van der Waals surface area contributed by atoms with Crippen molar-refractivity contribution in [3.63, 3.8) is 0 Å². The molecule has 1 rings (SSSR count). The summed E-state index contributed by atoms with van der Waals surface area (Å²) < 4.78 is 0. The van der Waals surface area contributed by atoms with Crippen molar-refractivity contribution < 1.29 is 5.11 Å². The van der Waals surface area contributed by atoms with Gasteiger partial charge in [-0.1, -0.05) is 26.0 Å². The van der Waals surface area contributed by atoms with Gasteiger partial charge in [0.1, 0.15) is 0 Å². The van der Waals surface area contributed by atoms with Gasteiger partial charge in [-0.05, 0) is 30.7 Å². The maximum absolute atomic E-state index is 9.78. The molecule has 0 saturated heterocycles. The van der Waals surface area contributed by atoms with Crippen molar-refractivity contribution in [2.45, 2.75) is 26.5 Å². The molecule has 1 aromatic carbocycles. The van der Waals surface area contributed by atoms with Crippen molar-refractivity contribution in [2.24, 2.45) is 5.92 Å². The van der Waals surface area contributed by atoms with Crippen LogP contribution in [0.3, 0.4) is 0 Å². The van der Waals surface area contributed by atoms with E-state index < -0.39 is 0 Å². The topological polar surface area (TPSA) is 47.3 Å². The van der Waals surface area contributed by atoms with Crippen LogP contribution in [0.4, 0.5) is 0 Å². The molecule has 1 atom stereocenters. The highest BCUT2D eigenvalue weighted by Gasteiger charge is 2.12. The number of likely N-dealkylation sites (N-methyl/N-ethyl adjacent to an activating group) is 1. The van der Waals surface area contributed by atoms with Gasteiger partial charge in [0.05, 0.1) is 17.7 Å². The predicted molar refractivity (Wildman–Crippen MR) is 68.3 cm³/mol. The highest BCUT2D eigenvalue weighted by atomic mass is 16.3. The maximum Gasteiger partial charge on any atom is 0.0991 e. The van der Waals surface area contributed by atoms with Crippen molar-refractivity contribution in [1.29, 1.82) is 5.26 Å². The van der Waals surface area contributed by atoms with Gasteiger partial charge < -0.3 is 5.11 Å². The molecule has 0 saturated carbocycles. The lowest BCUT2D eigenvalue weighted by Gasteiger charge is -2.22. The van der Waals surface area contributed by atoms with Crippen LogP contribution < -0.4 is 0 Å². The van der Waals surface area contributed by atoms with E-state index in [1.165, 1.54) is 0 Å². The van der Waals surface area contributed by atoms with Crippen LogP contribution >= 0.6 is 0 Å². The van der Waals surface area contributed by atoms with Crippen LogP contribution in [0.5, 0.6) is 0 Å². The number of hydrogen-bond acceptors (Lipinski definition) is 3. The van der Waals surface area contributed by atoms with Crippen molar-refractivity contribution >= 4 is 0 Å². The largest absolute Gasteiger partial charge is 0.392 e. The van der Waals surface area contributed by atoms with E-state index in [4.69, 9.17) is 5.26 Å². The SMILES string of the molecule is CC(C)C(O)CN(C)Cc1cccc(C#N)c1. The second kappa shape index (κ2) is 6.39. The molecule has 0 fully saturated rings. The monoisotopic (exact) mass is 232 g/mol. The first-order valence-corrected chi connectivity index (χ1v) is 5.88. The van der Waals surface area contributed by atoms with E-state index in [0.29, 0.717) is 12.1 Å². The molecule has 3 heteroatoms. The average molecular weight is 232 g/mol. The summed E-state index contributed by atoms with van der Waals surface area (Å²) in [7, 11) is 1.98. The first kappa shape index (κ1) is 13.7. The van der Waals surface area contributed by atoms with Crippen LogP contribution in [0.25, 0.3) is 0 Å². The van der Waals surface area contributed by atoms with Gasteiger partial charge in [0.2, 0.25) is 0 Å². The van der Waals surface area contributed by atoms with E-state index in [9.17, 15) is 5.11 Å². The molecule has 0 spiro atoms. The van der Waals surface area contributed by atoms with Crippen LogP contribution in [0.2, 0.25) is 0 Å². The fourth-order valence-corrected chi connectivity index (χ4v) is 1.65. The maximum atomic E-state index is 9.78. The van der Waals surface area contributed by atoms with Gasteiger partial charge in [-0.2, -0.15) is 5.26 Å². The number of aliphatic hydroxyl groups excluding tert-OH is 1. The highest BCUT2D eigenvalue weighted by Crippen LogP contribution is 2.09. The summed E-state index contributed by atoms with van der Waals surface area (Å²) in [5, 5.41) is 18.6. The fraction of sp³-hybridized carbons (Fsp3) is 0.500. The molecule has 1 N–H and O–H groups in total. The van der Waals surface area contributed by atoms with Gasteiger partial charge in [0.15, 0.2) is 0 Å². The minimum absolute atomic E-state index is 0.267. The third-order valence-electron chi connectivity index (χ3n) is 2.78. The number of nitrogens with zero attached hydrogens (tertiary/aromatic N) is 2. The van der Waals surface area contributed by atoms with Gasteiger partial charge in [-0.25, -0.2) is 0 Å². The quantitative estimate of drug-likeness (QED) is 0.844. The molecule has 0 aromatic heterocycles. The molecule has 0 bridgehead atoms. The zero-order valence-corrected chi connectivity index (χ0v) is 10.7. The standard InChI is InChI=1S/C14H20N2O/c1-11(2)14(17)10-16(3)9-13-6-4-5-12(7-13)8-15/h4-7,11,14,17H,9-10H2,1-3H3. The van der Waals surface area contributed by atoms with Crippen molar-refractivity contribution in [2.75, 3.05) is 13.6 Å². The molecule has 3 nitrogen and oxygen atoms in total. The molecule has 0 amide bonds. The summed E-state index contributed by atoms with van der Waals surface area (Å²) in [6, 6.07) is 9.71. The molecule has 0 aliphatic rings. The molecule has 92 valence electrons. The van der Waals surface area contributed by atoms with Crippen molar-refractivity contribution in [1.82, 2.24) is 4.90 Å². The number of benzene rings is 1.